The van der Waals surface area contributed by atoms with E-state index < -0.39 is 61.1 Å². The molecule has 222 valence electrons. The van der Waals surface area contributed by atoms with Gasteiger partial charge in [-0.15, -0.1) is 0 Å². The van der Waals surface area contributed by atoms with Crippen LogP contribution in [0.1, 0.15) is 59.1 Å². The van der Waals surface area contributed by atoms with Crippen molar-refractivity contribution in [3.05, 3.63) is 41.1 Å². The third-order valence-electron chi connectivity index (χ3n) is 6.47. The molecule has 0 radical (unpaired) electrons. The third-order valence-corrected chi connectivity index (χ3v) is 6.47. The number of carbonyl (C=O) groups is 5. The molecule has 0 aromatic heterocycles. The highest BCUT2D eigenvalue weighted by atomic mass is 16.7. The highest BCUT2D eigenvalue weighted by Crippen LogP contribution is 2.47. The second-order valence-electron chi connectivity index (χ2n) is 10.7. The predicted octanol–water partition coefficient (Wildman–Crippen LogP) is 2.26. The van der Waals surface area contributed by atoms with Crippen molar-refractivity contribution < 1.29 is 48.0 Å². The zero-order chi connectivity index (χ0) is 30.5. The zero-order valence-corrected chi connectivity index (χ0v) is 23.9. The van der Waals surface area contributed by atoms with Gasteiger partial charge in [-0.3, -0.25) is 14.4 Å². The number of β-lactam (4-membered cyclic amide) rings is 1. The Bertz CT molecular complexity index is 1260. The van der Waals surface area contributed by atoms with Gasteiger partial charge >= 0.3 is 24.0 Å². The molecule has 3 rings (SSSR count). The number of carbonyl (C=O) groups excluding carboxylic acids is 5. The second-order valence-corrected chi connectivity index (χ2v) is 10.7. The Labute approximate surface area is 237 Å². The number of aliphatic hydroxyl groups excluding tert-OH is 1. The lowest BCUT2D eigenvalue weighted by atomic mass is 9.82. The van der Waals surface area contributed by atoms with Gasteiger partial charge in [0.15, 0.2) is 0 Å². The molecule has 41 heavy (non-hydrogen) atoms. The van der Waals surface area contributed by atoms with E-state index in [1.165, 1.54) is 18.7 Å². The van der Waals surface area contributed by atoms with Gasteiger partial charge in [-0.05, 0) is 57.7 Å². The van der Waals surface area contributed by atoms with E-state index in [1.54, 1.807) is 52.0 Å². The largest absolute Gasteiger partial charge is 0.438 e. The summed E-state index contributed by atoms with van der Waals surface area (Å²) >= 11 is 0. The lowest BCUT2D eigenvalue weighted by molar-refractivity contribution is -0.175. The molecule has 0 spiro atoms. The number of nitrogens with one attached hydrogen (secondary N) is 1. The molecule has 1 aromatic carbocycles. The van der Waals surface area contributed by atoms with Crippen molar-refractivity contribution >= 4 is 41.3 Å². The predicted molar refractivity (Wildman–Crippen MR) is 143 cm³/mol. The topological polar surface area (TPSA) is 170 Å². The van der Waals surface area contributed by atoms with E-state index in [0.717, 1.165) is 5.56 Å². The van der Waals surface area contributed by atoms with Crippen molar-refractivity contribution in [2.45, 2.75) is 66.7 Å². The molecule has 13 nitrogen and oxygen atoms in total. The molecule has 0 saturated carbocycles. The summed E-state index contributed by atoms with van der Waals surface area (Å²) in [4.78, 5) is 65.4. The summed E-state index contributed by atoms with van der Waals surface area (Å²) in [6, 6.07) is 6.79. The Morgan fingerprint density at radius 1 is 1.05 bits per heavy atom. The molecule has 1 fully saturated rings. The summed E-state index contributed by atoms with van der Waals surface area (Å²) in [6.07, 6.45) is -1.46. The van der Waals surface area contributed by atoms with Crippen LogP contribution in [0.4, 0.5) is 4.79 Å². The number of aliphatic hydroxyl groups is 1. The van der Waals surface area contributed by atoms with E-state index in [1.807, 2.05) is 0 Å². The van der Waals surface area contributed by atoms with Crippen LogP contribution >= 0.6 is 0 Å². The van der Waals surface area contributed by atoms with Crippen molar-refractivity contribution in [3.8, 4) is 0 Å². The van der Waals surface area contributed by atoms with Crippen molar-refractivity contribution in [2.75, 3.05) is 13.6 Å². The van der Waals surface area contributed by atoms with Gasteiger partial charge in [0.1, 0.15) is 11.5 Å². The number of aliphatic imine (C=N–C) groups is 1. The maximum absolute atomic E-state index is 13.1. The van der Waals surface area contributed by atoms with E-state index in [2.05, 4.69) is 19.8 Å². The number of benzene rings is 1. The molecule has 1 saturated heterocycles. The van der Waals surface area contributed by atoms with Crippen LogP contribution in [-0.2, 0) is 44.7 Å². The molecule has 13 heteroatoms. The fraction of sp³-hybridized carbons (Fsp3) is 0.500. The SMILES string of the molecule is CC(=O)OCOC(=O)/N=C(\C)NCc1ccc(C2=C(C(=O)OCOC(=O)C(C)(C)C)N3C(=O)[C@H]([C@@H](C)O)[C@H]3C2)cc1. The Hall–Kier alpha value is -4.26. The number of amidine groups is 1. The molecule has 0 unspecified atom stereocenters. The lowest BCUT2D eigenvalue weighted by Crippen LogP contribution is -2.61. The molecule has 2 aliphatic rings. The highest BCUT2D eigenvalue weighted by Gasteiger charge is 2.57. The van der Waals surface area contributed by atoms with Gasteiger partial charge in [-0.1, -0.05) is 24.3 Å². The third kappa shape index (κ3) is 7.69. The smallest absolute Gasteiger partial charge is 0.428 e. The van der Waals surface area contributed by atoms with Gasteiger partial charge in [0.2, 0.25) is 19.5 Å². The first-order valence-corrected chi connectivity index (χ1v) is 13.0. The minimum Gasteiger partial charge on any atom is -0.428 e. The minimum atomic E-state index is -0.915. The highest BCUT2D eigenvalue weighted by molar-refractivity contribution is 6.06. The Morgan fingerprint density at radius 3 is 2.27 bits per heavy atom. The van der Waals surface area contributed by atoms with Gasteiger partial charge in [0.05, 0.1) is 23.5 Å². The fourth-order valence-corrected chi connectivity index (χ4v) is 4.36. The van der Waals surface area contributed by atoms with Crippen LogP contribution in [0.25, 0.3) is 5.57 Å². The second kappa shape index (κ2) is 12.9. The van der Waals surface area contributed by atoms with Gasteiger partial charge in [0, 0.05) is 13.5 Å². The molecular weight excluding hydrogens is 538 g/mol. The van der Waals surface area contributed by atoms with Crippen molar-refractivity contribution in [2.24, 2.45) is 16.3 Å². The molecule has 3 atom stereocenters. The lowest BCUT2D eigenvalue weighted by Gasteiger charge is -2.44. The number of nitrogens with zero attached hydrogens (tertiary/aromatic N) is 2. The summed E-state index contributed by atoms with van der Waals surface area (Å²) in [5, 5.41) is 13.1. The molecule has 0 bridgehead atoms. The van der Waals surface area contributed by atoms with E-state index in [9.17, 15) is 29.1 Å². The summed E-state index contributed by atoms with van der Waals surface area (Å²) in [6.45, 7) is 8.50. The molecular formula is C28H35N3O10. The Balaban J connectivity index is 1.70. The number of ether oxygens (including phenoxy) is 4. The van der Waals surface area contributed by atoms with E-state index >= 15 is 0 Å². The Morgan fingerprint density at radius 2 is 1.68 bits per heavy atom. The molecule has 2 amide bonds. The van der Waals surface area contributed by atoms with E-state index in [4.69, 9.17) is 9.47 Å². The van der Waals surface area contributed by atoms with Gasteiger partial charge in [-0.2, -0.15) is 4.99 Å². The summed E-state index contributed by atoms with van der Waals surface area (Å²) < 4.78 is 19.4. The standard InChI is InChI=1S/C28H35N3O10/c1-15(32)22-21-11-20(23(31(21)24(22)34)25(35)39-14-40-26(36)28(4,5)6)19-9-7-18(8-10-19)12-29-16(2)30-27(37)41-13-38-17(3)33/h7-10,15,21-22,32H,11-14H2,1-6H3,(H,29,30,37)/t15-,21-,22-/m1/s1. The van der Waals surface area contributed by atoms with Crippen LogP contribution in [0, 0.1) is 11.3 Å². The average Bonchev–Trinajstić information content (AvgIpc) is 3.21. The van der Waals surface area contributed by atoms with Gasteiger partial charge in [0.25, 0.3) is 0 Å². The molecule has 2 heterocycles. The molecule has 1 aromatic rings. The van der Waals surface area contributed by atoms with Crippen molar-refractivity contribution in [1.82, 2.24) is 10.2 Å². The molecule has 2 aliphatic heterocycles. The maximum atomic E-state index is 13.1. The van der Waals surface area contributed by atoms with Crippen LogP contribution in [0.15, 0.2) is 35.0 Å². The number of hydrogen-bond acceptors (Lipinski definition) is 10. The first-order chi connectivity index (χ1) is 19.2. The summed E-state index contributed by atoms with van der Waals surface area (Å²) in [5.41, 5.74) is 1.37. The quantitative estimate of drug-likeness (QED) is 0.146. The van der Waals surface area contributed by atoms with Crippen LogP contribution in [-0.4, -0.2) is 71.5 Å². The number of amides is 2. The number of fused-ring (bicyclic) bond motifs is 1. The fourth-order valence-electron chi connectivity index (χ4n) is 4.36. The van der Waals surface area contributed by atoms with E-state index in [0.29, 0.717) is 24.1 Å². The average molecular weight is 574 g/mol. The molecule has 2 N–H and O–H groups in total. The summed E-state index contributed by atoms with van der Waals surface area (Å²) in [7, 11) is 0. The number of esters is 3. The number of rotatable bonds is 9. The van der Waals surface area contributed by atoms with E-state index in [-0.39, 0.29) is 17.4 Å². The maximum Gasteiger partial charge on any atom is 0.438 e. The Kier molecular flexibility index (Phi) is 9.87. The van der Waals surface area contributed by atoms with Crippen LogP contribution in [0.2, 0.25) is 0 Å². The van der Waals surface area contributed by atoms with Gasteiger partial charge < -0.3 is 34.3 Å². The first kappa shape index (κ1) is 31.3. The first-order valence-electron chi connectivity index (χ1n) is 13.0. The van der Waals surface area contributed by atoms with Crippen molar-refractivity contribution in [1.29, 1.82) is 0 Å². The normalized spacial score (nSPS) is 19.1. The summed E-state index contributed by atoms with van der Waals surface area (Å²) in [5.74, 6) is -2.66. The number of hydrogen-bond donors (Lipinski definition) is 2. The van der Waals surface area contributed by atoms with Crippen molar-refractivity contribution in [3.63, 3.8) is 0 Å². The minimum absolute atomic E-state index is 0.0600. The monoisotopic (exact) mass is 573 g/mol. The van der Waals surface area contributed by atoms with Crippen LogP contribution < -0.4 is 5.32 Å². The van der Waals surface area contributed by atoms with Crippen LogP contribution in [0.5, 0.6) is 0 Å². The zero-order valence-electron chi connectivity index (χ0n) is 23.9. The van der Waals surface area contributed by atoms with Crippen LogP contribution in [0.3, 0.4) is 0 Å². The van der Waals surface area contributed by atoms with Gasteiger partial charge in [-0.25, -0.2) is 9.59 Å². The molecule has 0 aliphatic carbocycles.